The van der Waals surface area contributed by atoms with Crippen LogP contribution in [0.25, 0.3) is 0 Å². The van der Waals surface area contributed by atoms with Crippen molar-refractivity contribution in [1.82, 2.24) is 10.6 Å². The highest BCUT2D eigenvalue weighted by Crippen LogP contribution is 2.09. The molecule has 2 rings (SSSR count). The Labute approximate surface area is 108 Å². The molecule has 1 aromatic carbocycles. The summed E-state index contributed by atoms with van der Waals surface area (Å²) in [5, 5.41) is 6.07. The minimum Gasteiger partial charge on any atom is -0.378 e. The van der Waals surface area contributed by atoms with Crippen LogP contribution in [-0.4, -0.2) is 31.7 Å². The van der Waals surface area contributed by atoms with Gasteiger partial charge < -0.3 is 15.4 Å². The van der Waals surface area contributed by atoms with Gasteiger partial charge >= 0.3 is 0 Å². The fraction of sp³-hybridized carbons (Fsp3) is 0.500. The van der Waals surface area contributed by atoms with E-state index in [1.165, 1.54) is 11.1 Å². The summed E-state index contributed by atoms with van der Waals surface area (Å²) in [5.74, 6) is 0.00734. The number of hydrogen-bond acceptors (Lipinski definition) is 3. The molecule has 0 saturated carbocycles. The van der Waals surface area contributed by atoms with E-state index in [1.54, 1.807) is 0 Å². The van der Waals surface area contributed by atoms with Gasteiger partial charge in [0.15, 0.2) is 0 Å². The van der Waals surface area contributed by atoms with E-state index in [4.69, 9.17) is 4.74 Å². The first-order valence-corrected chi connectivity index (χ1v) is 6.32. The second-order valence-corrected chi connectivity index (χ2v) is 4.72. The van der Waals surface area contributed by atoms with Crippen LogP contribution in [-0.2, 0) is 16.1 Å². The number of rotatable bonds is 3. The maximum absolute atomic E-state index is 11.9. The minimum absolute atomic E-state index is 0.00734. The molecule has 0 bridgehead atoms. The van der Waals surface area contributed by atoms with E-state index >= 15 is 0 Å². The van der Waals surface area contributed by atoms with E-state index < -0.39 is 0 Å². The normalized spacial score (nSPS) is 19.6. The molecular weight excluding hydrogens is 228 g/mol. The quantitative estimate of drug-likeness (QED) is 0.836. The van der Waals surface area contributed by atoms with Gasteiger partial charge in [0.05, 0.1) is 13.2 Å². The number of amides is 1. The highest BCUT2D eigenvalue weighted by atomic mass is 16.5. The third-order valence-corrected chi connectivity index (χ3v) is 3.28. The Balaban J connectivity index is 1.86. The lowest BCUT2D eigenvalue weighted by molar-refractivity contribution is -0.126. The number of carbonyl (C=O) groups excluding carboxylic acids is 1. The van der Waals surface area contributed by atoms with Crippen molar-refractivity contribution in [2.24, 2.45) is 0 Å². The fourth-order valence-corrected chi connectivity index (χ4v) is 1.96. The molecule has 0 aliphatic carbocycles. The topological polar surface area (TPSA) is 50.4 Å². The lowest BCUT2D eigenvalue weighted by Gasteiger charge is -2.22. The average Bonchev–Trinajstić information content (AvgIpc) is 2.41. The maximum Gasteiger partial charge on any atom is 0.239 e. The summed E-state index contributed by atoms with van der Waals surface area (Å²) in [6.07, 6.45) is 0. The Bertz CT molecular complexity index is 426. The summed E-state index contributed by atoms with van der Waals surface area (Å²) in [4.78, 5) is 11.9. The van der Waals surface area contributed by atoms with Crippen molar-refractivity contribution in [1.29, 1.82) is 0 Å². The number of hydrogen-bond donors (Lipinski definition) is 2. The average molecular weight is 248 g/mol. The maximum atomic E-state index is 11.9. The smallest absolute Gasteiger partial charge is 0.239 e. The van der Waals surface area contributed by atoms with E-state index in [9.17, 15) is 4.79 Å². The summed E-state index contributed by atoms with van der Waals surface area (Å²) in [6, 6.07) is 6.03. The van der Waals surface area contributed by atoms with Crippen LogP contribution in [0.5, 0.6) is 0 Å². The van der Waals surface area contributed by atoms with Gasteiger partial charge in [-0.25, -0.2) is 0 Å². The first-order valence-electron chi connectivity index (χ1n) is 6.32. The van der Waals surface area contributed by atoms with Crippen LogP contribution in [0, 0.1) is 13.8 Å². The number of morpholine rings is 1. The number of benzene rings is 1. The van der Waals surface area contributed by atoms with Crippen molar-refractivity contribution in [3.05, 3.63) is 34.9 Å². The highest BCUT2D eigenvalue weighted by molar-refractivity contribution is 5.81. The number of aryl methyl sites for hydroxylation is 2. The third kappa shape index (κ3) is 3.31. The van der Waals surface area contributed by atoms with Crippen LogP contribution in [0.2, 0.25) is 0 Å². The molecule has 1 heterocycles. The second-order valence-electron chi connectivity index (χ2n) is 4.72. The molecule has 4 nitrogen and oxygen atoms in total. The predicted molar refractivity (Wildman–Crippen MR) is 70.4 cm³/mol. The summed E-state index contributed by atoms with van der Waals surface area (Å²) in [6.45, 7) is 6.61. The SMILES string of the molecule is Cc1ccc(CNC(=O)C2COCCN2)cc1C. The van der Waals surface area contributed by atoms with Crippen LogP contribution in [0.1, 0.15) is 16.7 Å². The largest absolute Gasteiger partial charge is 0.378 e. The van der Waals surface area contributed by atoms with E-state index in [2.05, 4.69) is 36.6 Å². The second kappa shape index (κ2) is 5.98. The van der Waals surface area contributed by atoms with Crippen molar-refractivity contribution in [3.63, 3.8) is 0 Å². The van der Waals surface area contributed by atoms with Crippen LogP contribution in [0.3, 0.4) is 0 Å². The summed E-state index contributed by atoms with van der Waals surface area (Å²) < 4.78 is 5.27. The first kappa shape index (κ1) is 13.1. The molecule has 1 atom stereocenters. The Morgan fingerprint density at radius 1 is 1.44 bits per heavy atom. The Morgan fingerprint density at radius 2 is 2.28 bits per heavy atom. The van der Waals surface area contributed by atoms with E-state index in [1.807, 2.05) is 6.07 Å². The predicted octanol–water partition coefficient (Wildman–Crippen LogP) is 0.908. The van der Waals surface area contributed by atoms with Gasteiger partial charge in [-0.3, -0.25) is 4.79 Å². The van der Waals surface area contributed by atoms with Gasteiger partial charge in [-0.1, -0.05) is 18.2 Å². The highest BCUT2D eigenvalue weighted by Gasteiger charge is 2.20. The van der Waals surface area contributed by atoms with Crippen molar-refractivity contribution in [3.8, 4) is 0 Å². The molecule has 1 amide bonds. The van der Waals surface area contributed by atoms with Crippen molar-refractivity contribution >= 4 is 5.91 Å². The van der Waals surface area contributed by atoms with Crippen LogP contribution in [0.4, 0.5) is 0 Å². The van der Waals surface area contributed by atoms with Crippen molar-refractivity contribution in [2.45, 2.75) is 26.4 Å². The monoisotopic (exact) mass is 248 g/mol. The standard InChI is InChI=1S/C14H20N2O2/c1-10-3-4-12(7-11(10)2)8-16-14(17)13-9-18-6-5-15-13/h3-4,7,13,15H,5-6,8-9H2,1-2H3,(H,16,17). The van der Waals surface area contributed by atoms with E-state index in [0.717, 1.165) is 12.1 Å². The molecule has 2 N–H and O–H groups in total. The Morgan fingerprint density at radius 3 is 2.94 bits per heavy atom. The molecule has 1 aromatic rings. The molecule has 1 fully saturated rings. The van der Waals surface area contributed by atoms with Crippen molar-refractivity contribution < 1.29 is 9.53 Å². The third-order valence-electron chi connectivity index (χ3n) is 3.28. The lowest BCUT2D eigenvalue weighted by atomic mass is 10.1. The zero-order chi connectivity index (χ0) is 13.0. The molecule has 0 radical (unpaired) electrons. The first-order chi connectivity index (χ1) is 8.66. The van der Waals surface area contributed by atoms with Gasteiger partial charge in [0, 0.05) is 13.1 Å². The summed E-state index contributed by atoms with van der Waals surface area (Å²) in [5.41, 5.74) is 3.65. The summed E-state index contributed by atoms with van der Waals surface area (Å²) in [7, 11) is 0. The summed E-state index contributed by atoms with van der Waals surface area (Å²) >= 11 is 0. The van der Waals surface area contributed by atoms with Crippen LogP contribution < -0.4 is 10.6 Å². The zero-order valence-corrected chi connectivity index (χ0v) is 11.0. The molecule has 1 aliphatic rings. The van der Waals surface area contributed by atoms with Crippen LogP contribution in [0.15, 0.2) is 18.2 Å². The minimum atomic E-state index is -0.217. The van der Waals surface area contributed by atoms with E-state index in [0.29, 0.717) is 19.8 Å². The van der Waals surface area contributed by atoms with Gasteiger partial charge in [-0.2, -0.15) is 0 Å². The Hall–Kier alpha value is -1.39. The van der Waals surface area contributed by atoms with Gasteiger partial charge in [-0.15, -0.1) is 0 Å². The molecule has 0 spiro atoms. The van der Waals surface area contributed by atoms with Gasteiger partial charge in [-0.05, 0) is 30.5 Å². The van der Waals surface area contributed by atoms with Crippen LogP contribution >= 0.6 is 0 Å². The van der Waals surface area contributed by atoms with Gasteiger partial charge in [0.1, 0.15) is 6.04 Å². The van der Waals surface area contributed by atoms with Gasteiger partial charge in [0.25, 0.3) is 0 Å². The molecule has 1 aliphatic heterocycles. The fourth-order valence-electron chi connectivity index (χ4n) is 1.96. The molecular formula is C14H20N2O2. The molecule has 4 heteroatoms. The van der Waals surface area contributed by atoms with E-state index in [-0.39, 0.29) is 11.9 Å². The molecule has 1 saturated heterocycles. The van der Waals surface area contributed by atoms with Gasteiger partial charge in [0.2, 0.25) is 5.91 Å². The zero-order valence-electron chi connectivity index (χ0n) is 11.0. The number of nitrogens with one attached hydrogen (secondary N) is 2. The Kier molecular flexibility index (Phi) is 4.33. The number of carbonyl (C=O) groups is 1. The lowest BCUT2D eigenvalue weighted by Crippen LogP contribution is -2.51. The molecule has 0 aromatic heterocycles. The number of ether oxygens (including phenoxy) is 1. The molecule has 18 heavy (non-hydrogen) atoms. The molecule has 1 unspecified atom stereocenters. The van der Waals surface area contributed by atoms with Crippen molar-refractivity contribution in [2.75, 3.05) is 19.8 Å². The molecule has 98 valence electrons.